The van der Waals surface area contributed by atoms with Crippen LogP contribution in [0.1, 0.15) is 35.2 Å². The van der Waals surface area contributed by atoms with E-state index in [1.807, 2.05) is 12.1 Å². The molecule has 1 fully saturated rings. The zero-order valence-corrected chi connectivity index (χ0v) is 14.2. The van der Waals surface area contributed by atoms with Gasteiger partial charge in [-0.1, -0.05) is 23.7 Å². The van der Waals surface area contributed by atoms with Crippen LogP contribution in [0.2, 0.25) is 5.02 Å². The molecule has 3 rings (SSSR count). The number of nitrogens with one attached hydrogen (secondary N) is 1. The molecule has 0 unspecified atom stereocenters. The lowest BCUT2D eigenvalue weighted by Crippen LogP contribution is -2.50. The number of nitro benzene ring substituents is 2. The molecule has 0 saturated heterocycles. The number of hydrogen-bond donors (Lipinski definition) is 1. The summed E-state index contributed by atoms with van der Waals surface area (Å²) in [6.45, 7) is 0. The van der Waals surface area contributed by atoms with Crippen molar-refractivity contribution in [3.05, 3.63) is 78.8 Å². The Morgan fingerprint density at radius 1 is 1.00 bits per heavy atom. The number of hydrogen-bond acceptors (Lipinski definition) is 5. The average molecular weight is 376 g/mol. The quantitative estimate of drug-likeness (QED) is 0.627. The number of amides is 1. The van der Waals surface area contributed by atoms with E-state index in [2.05, 4.69) is 5.32 Å². The SMILES string of the molecule is O=C(NC1(c2ccc(Cl)cc2)CCC1)c1cc([N+](=O)[O-])cc([N+](=O)[O-])c1. The third-order valence-corrected chi connectivity index (χ3v) is 4.80. The van der Waals surface area contributed by atoms with E-state index in [9.17, 15) is 25.0 Å². The molecule has 2 aromatic rings. The molecule has 1 aliphatic rings. The molecule has 0 atom stereocenters. The van der Waals surface area contributed by atoms with Crippen molar-refractivity contribution >= 4 is 28.9 Å². The Labute approximate surface area is 153 Å². The second kappa shape index (κ2) is 6.72. The number of carbonyl (C=O) groups excluding carboxylic acids is 1. The van der Waals surface area contributed by atoms with Crippen molar-refractivity contribution in [3.63, 3.8) is 0 Å². The largest absolute Gasteiger partial charge is 0.343 e. The Morgan fingerprint density at radius 2 is 1.54 bits per heavy atom. The molecule has 0 spiro atoms. The number of nitro groups is 2. The van der Waals surface area contributed by atoms with Crippen LogP contribution in [0.3, 0.4) is 0 Å². The van der Waals surface area contributed by atoms with E-state index >= 15 is 0 Å². The normalized spacial score (nSPS) is 15.0. The molecule has 0 aliphatic heterocycles. The number of rotatable bonds is 5. The summed E-state index contributed by atoms with van der Waals surface area (Å²) in [6, 6.07) is 9.99. The summed E-state index contributed by atoms with van der Waals surface area (Å²) in [4.78, 5) is 33.1. The van der Waals surface area contributed by atoms with Gasteiger partial charge in [-0.25, -0.2) is 0 Å². The van der Waals surface area contributed by atoms with Crippen LogP contribution < -0.4 is 5.32 Å². The van der Waals surface area contributed by atoms with Gasteiger partial charge in [-0.3, -0.25) is 25.0 Å². The second-order valence-electron chi connectivity index (χ2n) is 6.15. The minimum atomic E-state index is -0.762. The standard InChI is InChI=1S/C17H14ClN3O5/c18-13-4-2-12(3-5-13)17(6-1-7-17)19-16(22)11-8-14(20(23)24)10-15(9-11)21(25)26/h2-5,8-10H,1,6-7H2,(H,19,22). The monoisotopic (exact) mass is 375 g/mol. The number of halogens is 1. The molecule has 1 aliphatic carbocycles. The van der Waals surface area contributed by atoms with Gasteiger partial charge in [0.1, 0.15) is 0 Å². The van der Waals surface area contributed by atoms with Crippen LogP contribution in [0.4, 0.5) is 11.4 Å². The summed E-state index contributed by atoms with van der Waals surface area (Å²) in [6.07, 6.45) is 2.33. The summed E-state index contributed by atoms with van der Waals surface area (Å²) in [7, 11) is 0. The van der Waals surface area contributed by atoms with Crippen LogP contribution >= 0.6 is 11.6 Å². The molecule has 0 bridgehead atoms. The Hall–Kier alpha value is -3.00. The average Bonchev–Trinajstić information content (AvgIpc) is 2.58. The summed E-state index contributed by atoms with van der Waals surface area (Å²) < 4.78 is 0. The molecular formula is C17H14ClN3O5. The summed E-state index contributed by atoms with van der Waals surface area (Å²) in [5, 5.41) is 25.5. The van der Waals surface area contributed by atoms with Gasteiger partial charge in [0.05, 0.1) is 27.0 Å². The highest BCUT2D eigenvalue weighted by Crippen LogP contribution is 2.42. The second-order valence-corrected chi connectivity index (χ2v) is 6.59. The maximum absolute atomic E-state index is 12.7. The molecule has 134 valence electrons. The van der Waals surface area contributed by atoms with Gasteiger partial charge >= 0.3 is 0 Å². The fraction of sp³-hybridized carbons (Fsp3) is 0.235. The molecule has 9 heteroatoms. The first-order valence-corrected chi connectivity index (χ1v) is 8.21. The first kappa shape index (κ1) is 17.8. The Kier molecular flexibility index (Phi) is 4.60. The number of carbonyl (C=O) groups is 1. The number of nitrogens with zero attached hydrogens (tertiary/aromatic N) is 2. The van der Waals surface area contributed by atoms with Gasteiger partial charge in [0.15, 0.2) is 0 Å². The number of benzene rings is 2. The van der Waals surface area contributed by atoms with Crippen LogP contribution in [-0.4, -0.2) is 15.8 Å². The van der Waals surface area contributed by atoms with Crippen molar-refractivity contribution in [2.24, 2.45) is 0 Å². The summed E-state index contributed by atoms with van der Waals surface area (Å²) >= 11 is 5.90. The summed E-state index contributed by atoms with van der Waals surface area (Å²) in [5.41, 5.74) is -0.842. The Balaban J connectivity index is 1.92. The lowest BCUT2D eigenvalue weighted by atomic mass is 9.71. The molecule has 26 heavy (non-hydrogen) atoms. The van der Waals surface area contributed by atoms with Crippen LogP contribution in [0.5, 0.6) is 0 Å². The van der Waals surface area contributed by atoms with E-state index in [0.717, 1.165) is 30.2 Å². The predicted octanol–water partition coefficient (Wildman–Crippen LogP) is 3.97. The van der Waals surface area contributed by atoms with Crippen LogP contribution in [0.15, 0.2) is 42.5 Å². The lowest BCUT2D eigenvalue weighted by Gasteiger charge is -2.43. The zero-order chi connectivity index (χ0) is 18.9. The predicted molar refractivity (Wildman–Crippen MR) is 94.2 cm³/mol. The fourth-order valence-corrected chi connectivity index (χ4v) is 3.14. The molecule has 1 N–H and O–H groups in total. The van der Waals surface area contributed by atoms with E-state index in [0.29, 0.717) is 17.9 Å². The zero-order valence-electron chi connectivity index (χ0n) is 13.5. The molecule has 2 aromatic carbocycles. The van der Waals surface area contributed by atoms with Crippen LogP contribution in [-0.2, 0) is 5.54 Å². The molecule has 8 nitrogen and oxygen atoms in total. The van der Waals surface area contributed by atoms with E-state index < -0.39 is 32.7 Å². The van der Waals surface area contributed by atoms with Crippen LogP contribution in [0, 0.1) is 20.2 Å². The molecule has 0 aromatic heterocycles. The highest BCUT2D eigenvalue weighted by Gasteiger charge is 2.40. The first-order chi connectivity index (χ1) is 12.3. The molecule has 1 saturated carbocycles. The van der Waals surface area contributed by atoms with Crippen molar-refractivity contribution in [3.8, 4) is 0 Å². The van der Waals surface area contributed by atoms with Crippen molar-refractivity contribution in [2.45, 2.75) is 24.8 Å². The minimum absolute atomic E-state index is 0.119. The smallest absolute Gasteiger partial charge is 0.277 e. The molecule has 0 radical (unpaired) electrons. The Bertz CT molecular complexity index is 862. The van der Waals surface area contributed by atoms with Crippen LogP contribution in [0.25, 0.3) is 0 Å². The van der Waals surface area contributed by atoms with E-state index in [4.69, 9.17) is 11.6 Å². The summed E-state index contributed by atoms with van der Waals surface area (Å²) in [5.74, 6) is -0.591. The van der Waals surface area contributed by atoms with Crippen molar-refractivity contribution in [2.75, 3.05) is 0 Å². The van der Waals surface area contributed by atoms with Crippen molar-refractivity contribution in [1.29, 1.82) is 0 Å². The van der Waals surface area contributed by atoms with Gasteiger partial charge in [-0.2, -0.15) is 0 Å². The van der Waals surface area contributed by atoms with Gasteiger partial charge in [-0.05, 0) is 37.0 Å². The highest BCUT2D eigenvalue weighted by atomic mass is 35.5. The van der Waals surface area contributed by atoms with Gasteiger partial charge in [0.2, 0.25) is 0 Å². The topological polar surface area (TPSA) is 115 Å². The highest BCUT2D eigenvalue weighted by molar-refractivity contribution is 6.30. The fourth-order valence-electron chi connectivity index (χ4n) is 3.01. The maximum Gasteiger partial charge on any atom is 0.277 e. The lowest BCUT2D eigenvalue weighted by molar-refractivity contribution is -0.394. The third-order valence-electron chi connectivity index (χ3n) is 4.54. The van der Waals surface area contributed by atoms with Gasteiger partial charge < -0.3 is 5.32 Å². The minimum Gasteiger partial charge on any atom is -0.343 e. The van der Waals surface area contributed by atoms with E-state index in [-0.39, 0.29) is 5.56 Å². The van der Waals surface area contributed by atoms with Crippen molar-refractivity contribution in [1.82, 2.24) is 5.32 Å². The van der Waals surface area contributed by atoms with E-state index in [1.165, 1.54) is 0 Å². The molecule has 1 amide bonds. The van der Waals surface area contributed by atoms with Gasteiger partial charge in [-0.15, -0.1) is 0 Å². The Morgan fingerprint density at radius 3 is 1.96 bits per heavy atom. The molecule has 0 heterocycles. The van der Waals surface area contributed by atoms with Gasteiger partial charge in [0, 0.05) is 17.2 Å². The maximum atomic E-state index is 12.7. The first-order valence-electron chi connectivity index (χ1n) is 7.83. The van der Waals surface area contributed by atoms with Gasteiger partial charge in [0.25, 0.3) is 17.3 Å². The third kappa shape index (κ3) is 3.36. The number of non-ortho nitro benzene ring substituents is 2. The van der Waals surface area contributed by atoms with E-state index in [1.54, 1.807) is 12.1 Å². The molecular weight excluding hydrogens is 362 g/mol. The van der Waals surface area contributed by atoms with Crippen molar-refractivity contribution < 1.29 is 14.6 Å².